The fraction of sp³-hybridized carbons (Fsp3) is 0.300. The van der Waals surface area contributed by atoms with E-state index in [0.717, 1.165) is 0 Å². The quantitative estimate of drug-likeness (QED) is 0.693. The third-order valence-corrected chi connectivity index (χ3v) is 2.45. The minimum atomic E-state index is -0.951. The molecular formula is C10H11N5O3. The number of aliphatic carboxylic acids is 1. The number of hydrogen-bond acceptors (Lipinski definition) is 5. The van der Waals surface area contributed by atoms with Crippen LogP contribution in [0.25, 0.3) is 11.6 Å². The number of hydrogen-bond donors (Lipinski definition) is 3. The van der Waals surface area contributed by atoms with Crippen molar-refractivity contribution in [1.29, 1.82) is 0 Å². The smallest absolute Gasteiger partial charge is 0.303 e. The van der Waals surface area contributed by atoms with E-state index in [9.17, 15) is 9.59 Å². The molecule has 0 aliphatic carbocycles. The number of carbonyl (C=O) groups is 1. The first kappa shape index (κ1) is 12.0. The average molecular weight is 249 g/mol. The van der Waals surface area contributed by atoms with Gasteiger partial charge in [-0.3, -0.25) is 14.7 Å². The average Bonchev–Trinajstić information content (AvgIpc) is 2.80. The van der Waals surface area contributed by atoms with Gasteiger partial charge in [-0.05, 0) is 13.3 Å². The molecule has 3 N–H and O–H groups in total. The predicted octanol–water partition coefficient (Wildman–Crippen LogP) is -0.119. The molecule has 0 aliphatic rings. The first-order valence-electron chi connectivity index (χ1n) is 5.25. The van der Waals surface area contributed by atoms with Gasteiger partial charge in [0.2, 0.25) is 0 Å². The highest BCUT2D eigenvalue weighted by molar-refractivity contribution is 5.67. The Morgan fingerprint density at radius 2 is 2.22 bits per heavy atom. The molecule has 0 aromatic carbocycles. The van der Waals surface area contributed by atoms with Crippen molar-refractivity contribution in [2.24, 2.45) is 0 Å². The summed E-state index contributed by atoms with van der Waals surface area (Å²) in [5.74, 6) is -0.304. The zero-order chi connectivity index (χ0) is 13.1. The van der Waals surface area contributed by atoms with Crippen LogP contribution in [-0.4, -0.2) is 36.2 Å². The van der Waals surface area contributed by atoms with Crippen LogP contribution in [-0.2, 0) is 11.2 Å². The van der Waals surface area contributed by atoms with Crippen molar-refractivity contribution in [3.63, 3.8) is 0 Å². The number of aryl methyl sites for hydroxylation is 1. The van der Waals surface area contributed by atoms with Gasteiger partial charge in [-0.15, -0.1) is 0 Å². The molecule has 8 nitrogen and oxygen atoms in total. The van der Waals surface area contributed by atoms with E-state index >= 15 is 0 Å². The van der Waals surface area contributed by atoms with Crippen molar-refractivity contribution < 1.29 is 9.90 Å². The maximum atomic E-state index is 11.8. The minimum absolute atomic E-state index is 0.104. The van der Waals surface area contributed by atoms with E-state index in [0.29, 0.717) is 17.1 Å². The third kappa shape index (κ3) is 2.42. The summed E-state index contributed by atoms with van der Waals surface area (Å²) in [5, 5.41) is 14.9. The van der Waals surface area contributed by atoms with Crippen LogP contribution in [0.4, 0.5) is 0 Å². The Balaban J connectivity index is 2.35. The van der Waals surface area contributed by atoms with Crippen LogP contribution in [0.5, 0.6) is 0 Å². The molecule has 0 fully saturated rings. The molecule has 0 unspecified atom stereocenters. The highest BCUT2D eigenvalue weighted by atomic mass is 16.4. The lowest BCUT2D eigenvalue weighted by Crippen LogP contribution is -2.18. The maximum absolute atomic E-state index is 11.8. The van der Waals surface area contributed by atoms with Gasteiger partial charge in [0, 0.05) is 17.7 Å². The van der Waals surface area contributed by atoms with Gasteiger partial charge in [0.25, 0.3) is 5.56 Å². The molecular weight excluding hydrogens is 238 g/mol. The van der Waals surface area contributed by atoms with Crippen LogP contribution in [0.15, 0.2) is 11.1 Å². The summed E-state index contributed by atoms with van der Waals surface area (Å²) in [5.41, 5.74) is 0.516. The number of nitrogens with zero attached hydrogens (tertiary/aromatic N) is 3. The van der Waals surface area contributed by atoms with Crippen molar-refractivity contribution in [1.82, 2.24) is 25.1 Å². The van der Waals surface area contributed by atoms with Crippen molar-refractivity contribution in [2.45, 2.75) is 19.8 Å². The van der Waals surface area contributed by atoms with Crippen LogP contribution < -0.4 is 5.56 Å². The molecule has 0 atom stereocenters. The number of aromatic amines is 2. The van der Waals surface area contributed by atoms with Gasteiger partial charge >= 0.3 is 5.97 Å². The molecule has 0 radical (unpaired) electrons. The highest BCUT2D eigenvalue weighted by Gasteiger charge is 2.12. The molecule has 2 heterocycles. The van der Waals surface area contributed by atoms with Gasteiger partial charge in [-0.1, -0.05) is 0 Å². The van der Waals surface area contributed by atoms with E-state index in [4.69, 9.17) is 5.11 Å². The molecule has 0 spiro atoms. The highest BCUT2D eigenvalue weighted by Crippen LogP contribution is 2.09. The van der Waals surface area contributed by atoms with Crippen LogP contribution in [0.3, 0.4) is 0 Å². The van der Waals surface area contributed by atoms with Crippen molar-refractivity contribution in [2.75, 3.05) is 0 Å². The molecule has 2 aromatic rings. The molecule has 94 valence electrons. The topological polar surface area (TPSA) is 125 Å². The lowest BCUT2D eigenvalue weighted by molar-refractivity contribution is -0.136. The normalized spacial score (nSPS) is 10.5. The monoisotopic (exact) mass is 249 g/mol. The lowest BCUT2D eigenvalue weighted by atomic mass is 10.1. The number of carboxylic acid groups (broad SMARTS) is 1. The first-order valence-corrected chi connectivity index (χ1v) is 5.25. The van der Waals surface area contributed by atoms with E-state index in [2.05, 4.69) is 25.1 Å². The molecule has 18 heavy (non-hydrogen) atoms. The largest absolute Gasteiger partial charge is 0.481 e. The Morgan fingerprint density at radius 3 is 2.78 bits per heavy atom. The van der Waals surface area contributed by atoms with Crippen molar-refractivity contribution in [3.05, 3.63) is 27.9 Å². The van der Waals surface area contributed by atoms with Gasteiger partial charge in [0.15, 0.2) is 11.6 Å². The number of carboxylic acids is 1. The molecule has 0 amide bonds. The molecule has 8 heteroatoms. The van der Waals surface area contributed by atoms with Crippen molar-refractivity contribution >= 4 is 5.97 Å². The number of rotatable bonds is 4. The standard InChI is InChI=1S/C10H11N5O3/c1-5-6(2-3-7(16)17)10(18)14-9(13-5)8-11-4-12-15-8/h4H,2-3H2,1H3,(H,16,17)(H,11,12,15)(H,13,14,18). The van der Waals surface area contributed by atoms with Gasteiger partial charge in [0.1, 0.15) is 6.33 Å². The van der Waals surface area contributed by atoms with Crippen LogP contribution in [0, 0.1) is 6.92 Å². The lowest BCUT2D eigenvalue weighted by Gasteiger charge is -2.04. The Morgan fingerprint density at radius 1 is 1.44 bits per heavy atom. The van der Waals surface area contributed by atoms with Gasteiger partial charge < -0.3 is 10.1 Å². The fourth-order valence-electron chi connectivity index (χ4n) is 1.57. The van der Waals surface area contributed by atoms with Crippen molar-refractivity contribution in [3.8, 4) is 11.6 Å². The summed E-state index contributed by atoms with van der Waals surface area (Å²) in [6.07, 6.45) is 1.36. The van der Waals surface area contributed by atoms with Gasteiger partial charge in [-0.25, -0.2) is 9.97 Å². The summed E-state index contributed by atoms with van der Waals surface area (Å²) in [6, 6.07) is 0. The summed E-state index contributed by atoms with van der Waals surface area (Å²) < 4.78 is 0. The Labute approximate surface area is 101 Å². The molecule has 2 rings (SSSR count). The SMILES string of the molecule is Cc1nc(-c2ncn[nH]2)[nH]c(=O)c1CCC(=O)O. The van der Waals surface area contributed by atoms with E-state index in [1.54, 1.807) is 6.92 Å². The minimum Gasteiger partial charge on any atom is -0.481 e. The molecule has 0 saturated heterocycles. The second-order valence-corrected chi connectivity index (χ2v) is 3.71. The Kier molecular flexibility index (Phi) is 3.18. The Hall–Kier alpha value is -2.51. The maximum Gasteiger partial charge on any atom is 0.303 e. The van der Waals surface area contributed by atoms with Crippen LogP contribution in [0.1, 0.15) is 17.7 Å². The summed E-state index contributed by atoms with van der Waals surface area (Å²) in [4.78, 5) is 32.9. The van der Waals surface area contributed by atoms with E-state index < -0.39 is 5.97 Å². The van der Waals surface area contributed by atoms with E-state index in [-0.39, 0.29) is 24.2 Å². The second-order valence-electron chi connectivity index (χ2n) is 3.71. The summed E-state index contributed by atoms with van der Waals surface area (Å²) in [6.45, 7) is 1.66. The number of H-pyrrole nitrogens is 2. The fourth-order valence-corrected chi connectivity index (χ4v) is 1.57. The van der Waals surface area contributed by atoms with Gasteiger partial charge in [-0.2, -0.15) is 5.10 Å². The van der Waals surface area contributed by atoms with Crippen LogP contribution >= 0.6 is 0 Å². The first-order chi connectivity index (χ1) is 8.58. The predicted molar refractivity (Wildman–Crippen MR) is 60.9 cm³/mol. The van der Waals surface area contributed by atoms with Crippen LogP contribution in [0.2, 0.25) is 0 Å². The van der Waals surface area contributed by atoms with E-state index in [1.165, 1.54) is 6.33 Å². The number of aromatic nitrogens is 5. The molecule has 0 aliphatic heterocycles. The summed E-state index contributed by atoms with van der Waals surface area (Å²) >= 11 is 0. The molecule has 0 saturated carbocycles. The zero-order valence-electron chi connectivity index (χ0n) is 9.60. The third-order valence-electron chi connectivity index (χ3n) is 2.45. The number of nitrogens with one attached hydrogen (secondary N) is 2. The zero-order valence-corrected chi connectivity index (χ0v) is 9.60. The Bertz CT molecular complexity index is 617. The molecule has 2 aromatic heterocycles. The second kappa shape index (κ2) is 4.78. The van der Waals surface area contributed by atoms with Gasteiger partial charge in [0.05, 0.1) is 0 Å². The summed E-state index contributed by atoms with van der Waals surface area (Å²) in [7, 11) is 0. The van der Waals surface area contributed by atoms with E-state index in [1.807, 2.05) is 0 Å². The molecule has 0 bridgehead atoms.